The number of rotatable bonds is 6. The molecule has 0 fully saturated rings. The molecule has 0 saturated heterocycles. The van der Waals surface area contributed by atoms with Gasteiger partial charge in [0.25, 0.3) is 11.8 Å². The van der Waals surface area contributed by atoms with Crippen LogP contribution in [0.25, 0.3) is 0 Å². The van der Waals surface area contributed by atoms with Crippen molar-refractivity contribution in [2.45, 2.75) is 12.8 Å². The highest BCUT2D eigenvalue weighted by atomic mass is 35.5. The fourth-order valence-electron chi connectivity index (χ4n) is 1.21. The first-order chi connectivity index (χ1) is 8.84. The summed E-state index contributed by atoms with van der Waals surface area (Å²) in [4.78, 5) is 11.3. The maximum absolute atomic E-state index is 12.8. The number of aryl methyl sites for hydroxylation is 1. The summed E-state index contributed by atoms with van der Waals surface area (Å²) < 4.78 is 30.7. The number of nitrogens with one attached hydrogen (secondary N) is 1. The van der Waals surface area contributed by atoms with Crippen molar-refractivity contribution in [3.8, 4) is 5.75 Å². The Morgan fingerprint density at radius 2 is 2.15 bits per heavy atom. The zero-order valence-electron chi connectivity index (χ0n) is 10.8. The van der Waals surface area contributed by atoms with Crippen LogP contribution in [0.15, 0.2) is 18.2 Å². The third-order valence-electron chi connectivity index (χ3n) is 2.34. The van der Waals surface area contributed by atoms with Gasteiger partial charge in [-0.25, -0.2) is 8.78 Å². The quantitative estimate of drug-likeness (QED) is 0.841. The number of nitrogens with two attached hydrogens (primary N) is 1. The van der Waals surface area contributed by atoms with Gasteiger partial charge in [0.15, 0.2) is 6.61 Å². The number of ether oxygens (including phenoxy) is 1. The van der Waals surface area contributed by atoms with Crippen molar-refractivity contribution in [1.82, 2.24) is 5.32 Å². The van der Waals surface area contributed by atoms with E-state index in [1.807, 2.05) is 0 Å². The minimum Gasteiger partial charge on any atom is -0.484 e. The molecule has 1 amide bonds. The largest absolute Gasteiger partial charge is 0.484 e. The topological polar surface area (TPSA) is 64.3 Å². The Labute approximate surface area is 127 Å². The van der Waals surface area contributed by atoms with Crippen LogP contribution in [0, 0.1) is 6.92 Å². The van der Waals surface area contributed by atoms with Gasteiger partial charge in [-0.15, -0.1) is 12.4 Å². The van der Waals surface area contributed by atoms with E-state index in [0.29, 0.717) is 10.8 Å². The van der Waals surface area contributed by atoms with E-state index in [4.69, 9.17) is 22.1 Å². The van der Waals surface area contributed by atoms with Crippen molar-refractivity contribution in [2.75, 3.05) is 19.7 Å². The second kappa shape index (κ2) is 8.24. The van der Waals surface area contributed by atoms with E-state index >= 15 is 0 Å². The highest BCUT2D eigenvalue weighted by Crippen LogP contribution is 2.20. The molecule has 0 heterocycles. The van der Waals surface area contributed by atoms with Crippen molar-refractivity contribution in [3.05, 3.63) is 28.8 Å². The lowest BCUT2D eigenvalue weighted by Crippen LogP contribution is -2.43. The Morgan fingerprint density at radius 1 is 1.50 bits per heavy atom. The average molecular weight is 329 g/mol. The lowest BCUT2D eigenvalue weighted by atomic mass is 10.2. The van der Waals surface area contributed by atoms with Crippen molar-refractivity contribution in [1.29, 1.82) is 0 Å². The van der Waals surface area contributed by atoms with Crippen LogP contribution in [0.3, 0.4) is 0 Å². The Bertz CT molecular complexity index is 459. The molecule has 0 atom stereocenters. The number of hydrogen-bond acceptors (Lipinski definition) is 3. The number of carbonyl (C=O) groups excluding carboxylic acids is 1. The van der Waals surface area contributed by atoms with Gasteiger partial charge in [-0.05, 0) is 30.7 Å². The molecule has 0 aromatic heterocycles. The van der Waals surface area contributed by atoms with Gasteiger partial charge in [-0.1, -0.05) is 11.6 Å². The van der Waals surface area contributed by atoms with E-state index in [2.05, 4.69) is 5.32 Å². The number of hydrogen-bond donors (Lipinski definition) is 2. The van der Waals surface area contributed by atoms with Gasteiger partial charge in [-0.3, -0.25) is 4.79 Å². The number of amides is 1. The van der Waals surface area contributed by atoms with Gasteiger partial charge < -0.3 is 15.8 Å². The molecule has 0 unspecified atom stereocenters. The molecular weight excluding hydrogens is 313 g/mol. The van der Waals surface area contributed by atoms with E-state index in [1.165, 1.54) is 0 Å². The molecular formula is C12H16Cl2F2N2O2. The van der Waals surface area contributed by atoms with Crippen LogP contribution in [-0.2, 0) is 4.79 Å². The Hall–Kier alpha value is -1.11. The van der Waals surface area contributed by atoms with Crippen LogP contribution in [0.5, 0.6) is 5.75 Å². The van der Waals surface area contributed by atoms with E-state index in [0.717, 1.165) is 5.56 Å². The van der Waals surface area contributed by atoms with Gasteiger partial charge in [0.1, 0.15) is 5.75 Å². The smallest absolute Gasteiger partial charge is 0.277 e. The molecule has 114 valence electrons. The normalized spacial score (nSPS) is 10.7. The first-order valence-electron chi connectivity index (χ1n) is 5.57. The molecule has 0 radical (unpaired) electrons. The molecule has 0 aliphatic rings. The first kappa shape index (κ1) is 18.9. The van der Waals surface area contributed by atoms with Gasteiger partial charge in [-0.2, -0.15) is 0 Å². The predicted octanol–water partition coefficient (Wildman–Crippen LogP) is 2.16. The number of benzene rings is 1. The number of halogens is 4. The van der Waals surface area contributed by atoms with E-state index in [9.17, 15) is 13.6 Å². The highest BCUT2D eigenvalue weighted by molar-refractivity contribution is 6.31. The summed E-state index contributed by atoms with van der Waals surface area (Å²) in [6, 6.07) is 4.88. The fraction of sp³-hybridized carbons (Fsp3) is 0.417. The lowest BCUT2D eigenvalue weighted by molar-refractivity contribution is -0.124. The molecule has 0 bridgehead atoms. The zero-order valence-corrected chi connectivity index (χ0v) is 12.4. The molecule has 20 heavy (non-hydrogen) atoms. The first-order valence-corrected chi connectivity index (χ1v) is 5.95. The number of alkyl halides is 2. The second-order valence-electron chi connectivity index (χ2n) is 4.04. The van der Waals surface area contributed by atoms with Crippen LogP contribution < -0.4 is 15.8 Å². The van der Waals surface area contributed by atoms with Crippen LogP contribution in [0.1, 0.15) is 5.56 Å². The highest BCUT2D eigenvalue weighted by Gasteiger charge is 2.27. The third-order valence-corrected chi connectivity index (χ3v) is 2.77. The SMILES string of the molecule is Cc1cc(OCC(=O)NCC(F)(F)CN)ccc1Cl.Cl. The molecule has 3 N–H and O–H groups in total. The fourth-order valence-corrected chi connectivity index (χ4v) is 1.32. The third kappa shape index (κ3) is 6.36. The molecule has 0 aliphatic heterocycles. The Balaban J connectivity index is 0.00000361. The van der Waals surface area contributed by atoms with Crippen molar-refractivity contribution < 1.29 is 18.3 Å². The summed E-state index contributed by atoms with van der Waals surface area (Å²) >= 11 is 5.83. The lowest BCUT2D eigenvalue weighted by Gasteiger charge is -2.14. The van der Waals surface area contributed by atoms with Crippen LogP contribution in [0.4, 0.5) is 8.78 Å². The molecule has 0 aliphatic carbocycles. The standard InChI is InChI=1S/C12H15ClF2N2O2.ClH/c1-8-4-9(2-3-10(8)13)19-5-11(18)17-7-12(14,15)6-16;/h2-4H,5-7,16H2,1H3,(H,17,18);1H. The Morgan fingerprint density at radius 3 is 2.70 bits per heavy atom. The molecule has 1 rings (SSSR count). The zero-order chi connectivity index (χ0) is 14.5. The molecule has 8 heteroatoms. The monoisotopic (exact) mass is 328 g/mol. The van der Waals surface area contributed by atoms with Crippen LogP contribution in [0.2, 0.25) is 5.02 Å². The van der Waals surface area contributed by atoms with Crippen molar-refractivity contribution in [2.24, 2.45) is 5.73 Å². The summed E-state index contributed by atoms with van der Waals surface area (Å²) in [5, 5.41) is 2.63. The minimum atomic E-state index is -3.10. The summed E-state index contributed by atoms with van der Waals surface area (Å²) in [5.74, 6) is -3.30. The molecule has 1 aromatic carbocycles. The molecule has 1 aromatic rings. The maximum Gasteiger partial charge on any atom is 0.277 e. The van der Waals surface area contributed by atoms with Gasteiger partial charge in [0.05, 0.1) is 13.1 Å². The predicted molar refractivity (Wildman–Crippen MR) is 75.9 cm³/mol. The van der Waals surface area contributed by atoms with Crippen molar-refractivity contribution in [3.63, 3.8) is 0 Å². The Kier molecular flexibility index (Phi) is 7.78. The summed E-state index contributed by atoms with van der Waals surface area (Å²) in [6.07, 6.45) is 0. The minimum absolute atomic E-state index is 0. The molecule has 0 spiro atoms. The van der Waals surface area contributed by atoms with E-state index in [-0.39, 0.29) is 19.0 Å². The van der Waals surface area contributed by atoms with Gasteiger partial charge in [0.2, 0.25) is 0 Å². The second-order valence-corrected chi connectivity index (χ2v) is 4.44. The maximum atomic E-state index is 12.8. The molecule has 4 nitrogen and oxygen atoms in total. The van der Waals surface area contributed by atoms with Gasteiger partial charge in [0, 0.05) is 5.02 Å². The number of carbonyl (C=O) groups is 1. The molecule has 0 saturated carbocycles. The van der Waals surface area contributed by atoms with Crippen molar-refractivity contribution >= 4 is 29.9 Å². The average Bonchev–Trinajstić information content (AvgIpc) is 2.38. The van der Waals surface area contributed by atoms with Crippen LogP contribution in [-0.4, -0.2) is 31.5 Å². The summed E-state index contributed by atoms with van der Waals surface area (Å²) in [6.45, 7) is -0.172. The summed E-state index contributed by atoms with van der Waals surface area (Å²) in [7, 11) is 0. The summed E-state index contributed by atoms with van der Waals surface area (Å²) in [5.41, 5.74) is 5.64. The van der Waals surface area contributed by atoms with Crippen LogP contribution >= 0.6 is 24.0 Å². The van der Waals surface area contributed by atoms with Gasteiger partial charge >= 0.3 is 0 Å². The van der Waals surface area contributed by atoms with E-state index < -0.39 is 24.9 Å². The van der Waals surface area contributed by atoms with E-state index in [1.54, 1.807) is 25.1 Å².